The smallest absolute Gasteiger partial charge is 0.130 e. The summed E-state index contributed by atoms with van der Waals surface area (Å²) in [4.78, 5) is 0. The highest BCUT2D eigenvalue weighted by Crippen LogP contribution is 2.40. The van der Waals surface area contributed by atoms with Gasteiger partial charge in [0.25, 0.3) is 0 Å². The number of rotatable bonds is 3. The number of benzene rings is 1. The van der Waals surface area contributed by atoms with E-state index in [1.54, 1.807) is 0 Å². The van der Waals surface area contributed by atoms with E-state index in [4.69, 9.17) is 15.2 Å². The molecule has 2 atom stereocenters. The monoisotopic (exact) mass is 277 g/mol. The predicted molar refractivity (Wildman–Crippen MR) is 82.1 cm³/mol. The van der Waals surface area contributed by atoms with Crippen molar-refractivity contribution < 1.29 is 9.47 Å². The Morgan fingerprint density at radius 1 is 1.30 bits per heavy atom. The molecule has 0 aliphatic carbocycles. The van der Waals surface area contributed by atoms with Crippen molar-refractivity contribution in [2.75, 3.05) is 0 Å². The van der Waals surface area contributed by atoms with Crippen molar-refractivity contribution in [3.63, 3.8) is 0 Å². The molecule has 2 rings (SSSR count). The first-order valence-corrected chi connectivity index (χ1v) is 7.34. The highest BCUT2D eigenvalue weighted by molar-refractivity contribution is 5.39. The van der Waals surface area contributed by atoms with Gasteiger partial charge in [0.2, 0.25) is 0 Å². The number of hydrogen-bond donors (Lipinski definition) is 1. The Morgan fingerprint density at radius 3 is 2.45 bits per heavy atom. The largest absolute Gasteiger partial charge is 0.487 e. The lowest BCUT2D eigenvalue weighted by molar-refractivity contribution is -0.0847. The van der Waals surface area contributed by atoms with Crippen LogP contribution < -0.4 is 10.5 Å². The first kappa shape index (κ1) is 15.3. The SMILES string of the molecule is Cc1ccc(OC2CC(C)(C)OC2(C)C)c([C@@H](C)N)c1. The van der Waals surface area contributed by atoms with E-state index in [-0.39, 0.29) is 23.3 Å². The molecular formula is C17H27NO2. The van der Waals surface area contributed by atoms with Crippen LogP contribution in [0.3, 0.4) is 0 Å². The summed E-state index contributed by atoms with van der Waals surface area (Å²) in [5.41, 5.74) is 7.90. The standard InChI is InChI=1S/C17H27NO2/c1-11-7-8-14(13(9-11)12(2)18)19-15-10-16(3,4)20-17(15,5)6/h7-9,12,15H,10,18H2,1-6H3/t12-,15?/m1/s1. The first-order valence-electron chi connectivity index (χ1n) is 7.34. The Labute approximate surface area is 122 Å². The van der Waals surface area contributed by atoms with Crippen molar-refractivity contribution >= 4 is 0 Å². The highest BCUT2D eigenvalue weighted by atomic mass is 16.6. The molecule has 0 amide bonds. The van der Waals surface area contributed by atoms with E-state index in [9.17, 15) is 0 Å². The Balaban J connectivity index is 2.27. The zero-order valence-corrected chi connectivity index (χ0v) is 13.5. The van der Waals surface area contributed by atoms with Crippen molar-refractivity contribution in [3.8, 4) is 5.75 Å². The van der Waals surface area contributed by atoms with E-state index < -0.39 is 0 Å². The Hall–Kier alpha value is -1.06. The molecule has 1 aromatic rings. The number of ether oxygens (including phenoxy) is 2. The average molecular weight is 277 g/mol. The Morgan fingerprint density at radius 2 is 1.95 bits per heavy atom. The molecule has 1 saturated heterocycles. The van der Waals surface area contributed by atoms with Gasteiger partial charge in [0, 0.05) is 18.0 Å². The maximum absolute atomic E-state index is 6.27. The number of nitrogens with two attached hydrogens (primary N) is 1. The summed E-state index contributed by atoms with van der Waals surface area (Å²) in [5, 5.41) is 0. The molecule has 3 nitrogen and oxygen atoms in total. The van der Waals surface area contributed by atoms with Crippen molar-refractivity contribution in [1.82, 2.24) is 0 Å². The Bertz CT molecular complexity index is 492. The molecule has 0 saturated carbocycles. The molecule has 2 N–H and O–H groups in total. The van der Waals surface area contributed by atoms with Crippen molar-refractivity contribution in [1.29, 1.82) is 0 Å². The predicted octanol–water partition coefficient (Wildman–Crippen LogP) is 3.74. The molecule has 0 spiro atoms. The average Bonchev–Trinajstić information content (AvgIpc) is 2.48. The molecule has 20 heavy (non-hydrogen) atoms. The van der Waals surface area contributed by atoms with Gasteiger partial charge in [-0.3, -0.25) is 0 Å². The number of aryl methyl sites for hydroxylation is 1. The van der Waals surface area contributed by atoms with Crippen LogP contribution in [-0.2, 0) is 4.74 Å². The molecule has 3 heteroatoms. The lowest BCUT2D eigenvalue weighted by Crippen LogP contribution is -2.37. The molecule has 0 bridgehead atoms. The normalized spacial score (nSPS) is 25.4. The quantitative estimate of drug-likeness (QED) is 0.915. The van der Waals surface area contributed by atoms with Gasteiger partial charge in [-0.25, -0.2) is 0 Å². The summed E-state index contributed by atoms with van der Waals surface area (Å²) in [6.07, 6.45) is 0.921. The van der Waals surface area contributed by atoms with E-state index in [1.807, 2.05) is 13.0 Å². The van der Waals surface area contributed by atoms with Gasteiger partial charge in [-0.05, 0) is 47.6 Å². The van der Waals surface area contributed by atoms with Crippen LogP contribution >= 0.6 is 0 Å². The third-order valence-electron chi connectivity index (χ3n) is 3.92. The minimum atomic E-state index is -0.288. The molecule has 112 valence electrons. The molecule has 1 aliphatic heterocycles. The minimum Gasteiger partial charge on any atom is -0.487 e. The van der Waals surface area contributed by atoms with Crippen LogP contribution in [0.5, 0.6) is 5.75 Å². The second-order valence-corrected chi connectivity index (χ2v) is 7.11. The Kier molecular flexibility index (Phi) is 3.87. The lowest BCUT2D eigenvalue weighted by atomic mass is 9.96. The highest BCUT2D eigenvalue weighted by Gasteiger charge is 2.47. The second kappa shape index (κ2) is 5.05. The van der Waals surface area contributed by atoms with Crippen molar-refractivity contribution in [3.05, 3.63) is 29.3 Å². The topological polar surface area (TPSA) is 44.5 Å². The fourth-order valence-electron chi connectivity index (χ4n) is 2.98. The molecule has 0 aromatic heterocycles. The summed E-state index contributed by atoms with van der Waals surface area (Å²) < 4.78 is 12.4. The molecule has 1 aliphatic rings. The number of hydrogen-bond acceptors (Lipinski definition) is 3. The van der Waals surface area contributed by atoms with Crippen LogP contribution in [0, 0.1) is 6.92 Å². The third kappa shape index (κ3) is 3.15. The van der Waals surface area contributed by atoms with Gasteiger partial charge in [-0.15, -0.1) is 0 Å². The van der Waals surface area contributed by atoms with E-state index in [0.29, 0.717) is 0 Å². The van der Waals surface area contributed by atoms with Gasteiger partial charge in [-0.1, -0.05) is 17.7 Å². The fourth-order valence-corrected chi connectivity index (χ4v) is 2.98. The van der Waals surface area contributed by atoms with Gasteiger partial charge in [0.05, 0.1) is 5.60 Å². The van der Waals surface area contributed by atoms with E-state index in [1.165, 1.54) is 5.56 Å². The van der Waals surface area contributed by atoms with Gasteiger partial charge in [0.1, 0.15) is 17.5 Å². The van der Waals surface area contributed by atoms with E-state index in [2.05, 4.69) is 46.8 Å². The van der Waals surface area contributed by atoms with Crippen LogP contribution in [0.2, 0.25) is 0 Å². The molecule has 0 radical (unpaired) electrons. The van der Waals surface area contributed by atoms with E-state index >= 15 is 0 Å². The summed E-state index contributed by atoms with van der Waals surface area (Å²) in [5.74, 6) is 0.880. The van der Waals surface area contributed by atoms with Gasteiger partial charge in [-0.2, -0.15) is 0 Å². The molecule has 1 fully saturated rings. The van der Waals surface area contributed by atoms with Crippen LogP contribution in [0.4, 0.5) is 0 Å². The zero-order chi connectivity index (χ0) is 15.1. The maximum Gasteiger partial charge on any atom is 0.130 e. The molecule has 1 heterocycles. The van der Waals surface area contributed by atoms with Gasteiger partial charge >= 0.3 is 0 Å². The summed E-state index contributed by atoms with van der Waals surface area (Å²) in [7, 11) is 0. The van der Waals surface area contributed by atoms with Gasteiger partial charge < -0.3 is 15.2 Å². The molecule has 1 aromatic carbocycles. The van der Waals surface area contributed by atoms with Crippen molar-refractivity contribution in [2.45, 2.75) is 71.3 Å². The van der Waals surface area contributed by atoms with Crippen LogP contribution in [0.1, 0.15) is 58.2 Å². The van der Waals surface area contributed by atoms with Gasteiger partial charge in [0.15, 0.2) is 0 Å². The van der Waals surface area contributed by atoms with Crippen LogP contribution in [0.25, 0.3) is 0 Å². The fraction of sp³-hybridized carbons (Fsp3) is 0.647. The zero-order valence-electron chi connectivity index (χ0n) is 13.5. The second-order valence-electron chi connectivity index (χ2n) is 7.11. The van der Waals surface area contributed by atoms with Crippen LogP contribution in [-0.4, -0.2) is 17.3 Å². The third-order valence-corrected chi connectivity index (χ3v) is 3.92. The summed E-state index contributed by atoms with van der Waals surface area (Å²) in [6, 6.07) is 6.15. The molecule has 1 unspecified atom stereocenters. The lowest BCUT2D eigenvalue weighted by Gasteiger charge is -2.28. The van der Waals surface area contributed by atoms with Crippen molar-refractivity contribution in [2.24, 2.45) is 5.73 Å². The summed E-state index contributed by atoms with van der Waals surface area (Å²) in [6.45, 7) is 12.5. The summed E-state index contributed by atoms with van der Waals surface area (Å²) >= 11 is 0. The first-order chi connectivity index (χ1) is 9.11. The van der Waals surface area contributed by atoms with Crippen LogP contribution in [0.15, 0.2) is 18.2 Å². The maximum atomic E-state index is 6.27. The minimum absolute atomic E-state index is 0.0386. The molecular weight excluding hydrogens is 250 g/mol. The van der Waals surface area contributed by atoms with E-state index in [0.717, 1.165) is 17.7 Å².